The number of aryl methyl sites for hydroxylation is 1. The first kappa shape index (κ1) is 19.3. The maximum absolute atomic E-state index is 12.5. The summed E-state index contributed by atoms with van der Waals surface area (Å²) < 4.78 is 28.9. The van der Waals surface area contributed by atoms with Gasteiger partial charge in [0.05, 0.1) is 0 Å². The number of thiophene rings is 1. The Balaban J connectivity index is 1.61. The maximum atomic E-state index is 12.5. The van der Waals surface area contributed by atoms with Crippen LogP contribution < -0.4 is 4.72 Å². The molecule has 0 amide bonds. The van der Waals surface area contributed by atoms with Crippen LogP contribution in [0.15, 0.2) is 47.9 Å². The Morgan fingerprint density at radius 2 is 1.93 bits per heavy atom. The number of hydrogen-bond donors (Lipinski definition) is 1. The average Bonchev–Trinajstić information content (AvgIpc) is 2.92. The van der Waals surface area contributed by atoms with E-state index in [-0.39, 0.29) is 0 Å². The van der Waals surface area contributed by atoms with E-state index < -0.39 is 10.0 Å². The zero-order valence-corrected chi connectivity index (χ0v) is 17.7. The highest BCUT2D eigenvalue weighted by Gasteiger charge is 2.21. The molecule has 2 heterocycles. The number of rotatable bonds is 5. The number of nitrogens with zero attached hydrogens (tertiary/aromatic N) is 1. The van der Waals surface area contributed by atoms with Gasteiger partial charge in [-0.1, -0.05) is 36.4 Å². The fourth-order valence-electron chi connectivity index (χ4n) is 3.71. The van der Waals surface area contributed by atoms with E-state index >= 15 is 0 Å². The molecule has 0 saturated heterocycles. The smallest absolute Gasteiger partial charge is 0.234 e. The van der Waals surface area contributed by atoms with Gasteiger partial charge in [-0.3, -0.25) is 0 Å². The molecule has 0 bridgehead atoms. The summed E-state index contributed by atoms with van der Waals surface area (Å²) in [6, 6.07) is 13.8. The molecule has 0 saturated carbocycles. The standard InChI is InChI=1S/C22H24N2O2S2/c1-16-8-9-20-22-18(16)10-12-24(2)15-19(22)21(27-20)14-23-28(25,26)13-11-17-6-4-3-5-7-17/h3-9,11,13,23H,10,12,14-15H2,1-2H3/b13-11+. The molecule has 0 spiro atoms. The van der Waals surface area contributed by atoms with Gasteiger partial charge in [-0.15, -0.1) is 11.3 Å². The topological polar surface area (TPSA) is 49.4 Å². The quantitative estimate of drug-likeness (QED) is 0.680. The highest BCUT2D eigenvalue weighted by Crippen LogP contribution is 2.37. The lowest BCUT2D eigenvalue weighted by molar-refractivity contribution is 0.336. The van der Waals surface area contributed by atoms with Gasteiger partial charge in [-0.2, -0.15) is 0 Å². The van der Waals surface area contributed by atoms with E-state index in [1.54, 1.807) is 17.4 Å². The van der Waals surface area contributed by atoms with Crippen molar-refractivity contribution in [1.82, 2.24) is 9.62 Å². The lowest BCUT2D eigenvalue weighted by atomic mass is 9.99. The lowest BCUT2D eigenvalue weighted by Gasteiger charge is -2.14. The summed E-state index contributed by atoms with van der Waals surface area (Å²) in [5.41, 5.74) is 4.86. The van der Waals surface area contributed by atoms with E-state index in [0.29, 0.717) is 6.54 Å². The molecule has 1 aliphatic rings. The number of sulfonamides is 1. The van der Waals surface area contributed by atoms with Gasteiger partial charge in [0.2, 0.25) is 10.0 Å². The van der Waals surface area contributed by atoms with Gasteiger partial charge < -0.3 is 4.90 Å². The number of nitrogens with one attached hydrogen (secondary N) is 1. The zero-order chi connectivity index (χ0) is 19.7. The molecule has 1 N–H and O–H groups in total. The van der Waals surface area contributed by atoms with Crippen molar-refractivity contribution in [3.63, 3.8) is 0 Å². The minimum absolute atomic E-state index is 0.322. The second-order valence-electron chi connectivity index (χ2n) is 7.31. The molecule has 6 heteroatoms. The van der Waals surface area contributed by atoms with Gasteiger partial charge in [0.25, 0.3) is 0 Å². The van der Waals surface area contributed by atoms with Crippen LogP contribution in [-0.2, 0) is 29.5 Å². The molecule has 4 rings (SSSR count). The van der Waals surface area contributed by atoms with Crippen molar-refractivity contribution in [2.45, 2.75) is 26.4 Å². The summed E-state index contributed by atoms with van der Waals surface area (Å²) in [4.78, 5) is 3.42. The predicted octanol–water partition coefficient (Wildman–Crippen LogP) is 4.29. The average molecular weight is 413 g/mol. The van der Waals surface area contributed by atoms with E-state index in [1.165, 1.54) is 32.2 Å². The van der Waals surface area contributed by atoms with Crippen LogP contribution in [0, 0.1) is 6.92 Å². The molecule has 0 radical (unpaired) electrons. The Morgan fingerprint density at radius 3 is 2.71 bits per heavy atom. The van der Waals surface area contributed by atoms with E-state index in [2.05, 4.69) is 35.7 Å². The third kappa shape index (κ3) is 4.05. The van der Waals surface area contributed by atoms with Crippen molar-refractivity contribution >= 4 is 37.5 Å². The van der Waals surface area contributed by atoms with Crippen LogP contribution >= 0.6 is 11.3 Å². The second kappa shape index (κ2) is 7.79. The van der Waals surface area contributed by atoms with Gasteiger partial charge in [-0.05, 0) is 54.8 Å². The third-order valence-electron chi connectivity index (χ3n) is 5.23. The van der Waals surface area contributed by atoms with Gasteiger partial charge in [0.15, 0.2) is 0 Å². The number of likely N-dealkylation sites (N-methyl/N-ethyl adjacent to an activating group) is 1. The van der Waals surface area contributed by atoms with Crippen molar-refractivity contribution in [3.05, 3.63) is 75.0 Å². The minimum atomic E-state index is -3.50. The SMILES string of the molecule is Cc1ccc2sc(CNS(=O)(=O)/C=C/c3ccccc3)c3c2c1CCN(C)C3. The van der Waals surface area contributed by atoms with Crippen LogP contribution in [0.4, 0.5) is 0 Å². The third-order valence-corrected chi connectivity index (χ3v) is 7.46. The van der Waals surface area contributed by atoms with Crippen molar-refractivity contribution < 1.29 is 8.42 Å². The molecule has 146 valence electrons. The molecule has 4 nitrogen and oxygen atoms in total. The fourth-order valence-corrected chi connectivity index (χ4v) is 5.76. The van der Waals surface area contributed by atoms with Crippen molar-refractivity contribution in [3.8, 4) is 0 Å². The van der Waals surface area contributed by atoms with Crippen LogP contribution in [0.2, 0.25) is 0 Å². The first-order valence-electron chi connectivity index (χ1n) is 9.37. The molecule has 0 fully saturated rings. The Bertz CT molecular complexity index is 1130. The molecular formula is C22H24N2O2S2. The van der Waals surface area contributed by atoms with E-state index in [1.807, 2.05) is 30.3 Å². The van der Waals surface area contributed by atoms with Crippen LogP contribution in [0.3, 0.4) is 0 Å². The van der Waals surface area contributed by atoms with Gasteiger partial charge in [-0.25, -0.2) is 13.1 Å². The molecule has 0 unspecified atom stereocenters. The normalized spacial score (nSPS) is 15.4. The second-order valence-corrected chi connectivity index (χ2v) is 10.1. The molecule has 0 atom stereocenters. The summed E-state index contributed by atoms with van der Waals surface area (Å²) >= 11 is 1.70. The monoisotopic (exact) mass is 412 g/mol. The van der Waals surface area contributed by atoms with E-state index in [4.69, 9.17) is 0 Å². The Labute approximate surface area is 170 Å². The first-order valence-corrected chi connectivity index (χ1v) is 11.7. The van der Waals surface area contributed by atoms with Crippen LogP contribution in [0.1, 0.15) is 27.1 Å². The zero-order valence-electron chi connectivity index (χ0n) is 16.1. The van der Waals surface area contributed by atoms with Gasteiger partial charge in [0, 0.05) is 40.0 Å². The molecule has 1 aliphatic heterocycles. The summed E-state index contributed by atoms with van der Waals surface area (Å²) in [6.07, 6.45) is 2.66. The number of benzene rings is 2. The van der Waals surface area contributed by atoms with E-state index in [0.717, 1.165) is 30.0 Å². The Morgan fingerprint density at radius 1 is 1.14 bits per heavy atom. The Kier molecular flexibility index (Phi) is 5.38. The highest BCUT2D eigenvalue weighted by atomic mass is 32.2. The summed E-state index contributed by atoms with van der Waals surface area (Å²) in [6.45, 7) is 4.36. The Hall–Kier alpha value is -1.99. The van der Waals surface area contributed by atoms with Gasteiger partial charge in [0.1, 0.15) is 0 Å². The maximum Gasteiger partial charge on any atom is 0.234 e. The van der Waals surface area contributed by atoms with Crippen molar-refractivity contribution in [2.75, 3.05) is 13.6 Å². The molecule has 1 aromatic heterocycles. The molecule has 28 heavy (non-hydrogen) atoms. The lowest BCUT2D eigenvalue weighted by Crippen LogP contribution is -2.22. The van der Waals surface area contributed by atoms with Crippen LogP contribution in [-0.4, -0.2) is 26.9 Å². The summed E-state index contributed by atoms with van der Waals surface area (Å²) in [5, 5.41) is 2.58. The summed E-state index contributed by atoms with van der Waals surface area (Å²) in [7, 11) is -1.37. The molecule has 3 aromatic rings. The van der Waals surface area contributed by atoms with Gasteiger partial charge >= 0.3 is 0 Å². The minimum Gasteiger partial charge on any atom is -0.302 e. The summed E-state index contributed by atoms with van der Waals surface area (Å²) in [5.74, 6) is 0. The van der Waals surface area contributed by atoms with E-state index in [9.17, 15) is 8.42 Å². The predicted molar refractivity (Wildman–Crippen MR) is 118 cm³/mol. The molecular weight excluding hydrogens is 388 g/mol. The van der Waals surface area contributed by atoms with Crippen LogP contribution in [0.25, 0.3) is 16.2 Å². The molecule has 2 aromatic carbocycles. The molecule has 0 aliphatic carbocycles. The first-order chi connectivity index (χ1) is 13.4. The fraction of sp³-hybridized carbons (Fsp3) is 0.273. The van der Waals surface area contributed by atoms with Crippen molar-refractivity contribution in [2.24, 2.45) is 0 Å². The van der Waals surface area contributed by atoms with Crippen molar-refractivity contribution in [1.29, 1.82) is 0 Å². The largest absolute Gasteiger partial charge is 0.302 e. The van der Waals surface area contributed by atoms with Crippen LogP contribution in [0.5, 0.6) is 0 Å². The number of hydrogen-bond acceptors (Lipinski definition) is 4. The highest BCUT2D eigenvalue weighted by molar-refractivity contribution is 7.92.